The minimum absolute atomic E-state index is 1.21. The largest absolute Gasteiger partial charge is 0.0886 e. The average molecular weight is 677 g/mol. The van der Waals surface area contributed by atoms with Gasteiger partial charge in [0.25, 0.3) is 0 Å². The Morgan fingerprint density at radius 3 is 1.08 bits per heavy atom. The monoisotopic (exact) mass is 676 g/mol. The van der Waals surface area contributed by atoms with Crippen LogP contribution in [0, 0.1) is 0 Å². The lowest BCUT2D eigenvalue weighted by molar-refractivity contribution is 1.60. The second-order valence-corrected chi connectivity index (χ2v) is 17.3. The van der Waals surface area contributed by atoms with Gasteiger partial charge in [0.2, 0.25) is 0 Å². The fourth-order valence-corrected chi connectivity index (χ4v) is 12.3. The van der Waals surface area contributed by atoms with E-state index in [9.17, 15) is 0 Å². The Labute approximate surface area is 302 Å². The van der Waals surface area contributed by atoms with Gasteiger partial charge in [0.15, 0.2) is 0 Å². The van der Waals surface area contributed by atoms with Gasteiger partial charge in [-0.1, -0.05) is 176 Å². The fourth-order valence-electron chi connectivity index (χ4n) is 8.94. The van der Waals surface area contributed by atoms with E-state index in [4.69, 9.17) is 6.30 Å². The molecule has 52 heavy (non-hydrogen) atoms. The summed E-state index contributed by atoms with van der Waals surface area (Å²) >= 11 is 0. The zero-order chi connectivity index (χ0) is 34.4. The van der Waals surface area contributed by atoms with Gasteiger partial charge < -0.3 is 0 Å². The van der Waals surface area contributed by atoms with Crippen molar-refractivity contribution in [1.29, 1.82) is 0 Å². The van der Waals surface area contributed by atoms with E-state index >= 15 is 0 Å². The minimum Gasteiger partial charge on any atom is -0.0886 e. The zero-order valence-electron chi connectivity index (χ0n) is 28.6. The van der Waals surface area contributed by atoms with Crippen LogP contribution in [-0.4, -0.2) is 6.30 Å². The first-order valence-corrected chi connectivity index (χ1v) is 20.0. The molecule has 0 spiro atoms. The van der Waals surface area contributed by atoms with Crippen LogP contribution >= 0.6 is 6.89 Å². The Morgan fingerprint density at radius 2 is 0.654 bits per heavy atom. The van der Waals surface area contributed by atoms with Gasteiger partial charge in [-0.15, -0.1) is 0 Å². The third-order valence-corrected chi connectivity index (χ3v) is 15.0. The molecule has 0 atom stereocenters. The Bertz CT molecular complexity index is 2950. The molecule has 0 amide bonds. The van der Waals surface area contributed by atoms with Crippen molar-refractivity contribution in [2.45, 2.75) is 0 Å². The molecule has 0 heterocycles. The second-order valence-electron chi connectivity index (χ2n) is 14.2. The lowest BCUT2D eigenvalue weighted by Gasteiger charge is -2.31. The van der Waals surface area contributed by atoms with Crippen LogP contribution in [0.1, 0.15) is 0 Å². The molecule has 0 aliphatic carbocycles. The molecule has 0 fully saturated rings. The summed E-state index contributed by atoms with van der Waals surface area (Å²) in [6, 6.07) is 70.2. The summed E-state index contributed by atoms with van der Waals surface area (Å²) in [7, 11) is 0. The van der Waals surface area contributed by atoms with Gasteiger partial charge in [0, 0.05) is 0 Å². The van der Waals surface area contributed by atoms with Crippen LogP contribution in [0.2, 0.25) is 0 Å². The van der Waals surface area contributed by atoms with Crippen molar-refractivity contribution < 1.29 is 0 Å². The molecule has 0 aliphatic rings. The maximum absolute atomic E-state index is 5.53. The fraction of sp³-hybridized carbons (Fsp3) is 0. The van der Waals surface area contributed by atoms with Crippen LogP contribution in [0.3, 0.4) is 0 Å². The first kappa shape index (κ1) is 29.5. The smallest absolute Gasteiger partial charge is 0.00202 e. The molecule has 0 aromatic heterocycles. The third kappa shape index (κ3) is 4.23. The van der Waals surface area contributed by atoms with Crippen LogP contribution in [0.4, 0.5) is 0 Å². The topological polar surface area (TPSA) is 0 Å². The summed E-state index contributed by atoms with van der Waals surface area (Å²) in [5, 5.41) is 19.5. The van der Waals surface area contributed by atoms with Crippen molar-refractivity contribution in [1.82, 2.24) is 0 Å². The molecule has 0 radical (unpaired) electrons. The highest BCUT2D eigenvalue weighted by Crippen LogP contribution is 2.50. The van der Waals surface area contributed by atoms with Crippen molar-refractivity contribution in [2.75, 3.05) is 0 Å². The predicted octanol–water partition coefficient (Wildman–Crippen LogP) is 12.5. The van der Waals surface area contributed by atoms with Gasteiger partial charge in [-0.3, -0.25) is 0 Å². The van der Waals surface area contributed by atoms with E-state index in [0.29, 0.717) is 0 Å². The normalized spacial score (nSPS) is 12.3. The molecular weight excluding hydrogens is 644 g/mol. The first-order valence-electron chi connectivity index (χ1n) is 18.0. The van der Waals surface area contributed by atoms with Crippen molar-refractivity contribution in [3.8, 4) is 22.3 Å². The Balaban J connectivity index is 1.31. The molecule has 11 rings (SSSR count). The highest BCUT2D eigenvalue weighted by molar-refractivity contribution is 7.94. The lowest BCUT2D eigenvalue weighted by atomic mass is 9.94. The third-order valence-electron chi connectivity index (χ3n) is 11.4. The van der Waals surface area contributed by atoms with Gasteiger partial charge >= 0.3 is 0 Å². The van der Waals surface area contributed by atoms with Crippen LogP contribution < -0.4 is 15.9 Å². The van der Waals surface area contributed by atoms with Gasteiger partial charge in [0.1, 0.15) is 0 Å². The van der Waals surface area contributed by atoms with Crippen LogP contribution in [-0.2, 0) is 0 Å². The standard InChI is InChI=1S/C51H33P/c1-52(46-28-24-39-20-18-35-14-8-16-37-22-26-44(46)50(39)48(35)37,47-29-25-40-21-19-36-15-9-17-38-23-27-45(47)51(40)49(36)38)43-31-41(33-10-4-2-5-11-33)30-42(32-43)34-12-6-3-7-13-34/h2-32H,1H2. The van der Waals surface area contributed by atoms with Gasteiger partial charge in [-0.05, 0) is 128 Å². The molecule has 0 aliphatic heterocycles. The van der Waals surface area contributed by atoms with Crippen LogP contribution in [0.15, 0.2) is 188 Å². The molecule has 0 saturated heterocycles. The molecule has 0 nitrogen and oxygen atoms in total. The average Bonchev–Trinajstić information content (AvgIpc) is 3.22. The Morgan fingerprint density at radius 1 is 0.288 bits per heavy atom. The van der Waals surface area contributed by atoms with E-state index in [1.54, 1.807) is 0 Å². The van der Waals surface area contributed by atoms with Crippen molar-refractivity contribution in [3.63, 3.8) is 0 Å². The molecule has 242 valence electrons. The minimum atomic E-state index is -2.59. The maximum atomic E-state index is 5.53. The molecule has 1 heteroatoms. The SMILES string of the molecule is C=P(c1cc(-c2ccccc2)cc(-c2ccccc2)c1)(c1ccc2ccc3cccc4ccc1c2c34)c1ccc2ccc3cccc4ccc1c2c34. The van der Waals surface area contributed by atoms with E-state index in [1.165, 1.54) is 103 Å². The van der Waals surface area contributed by atoms with Gasteiger partial charge in [-0.25, -0.2) is 0 Å². The zero-order valence-corrected chi connectivity index (χ0v) is 29.4. The van der Waals surface area contributed by atoms with E-state index in [0.717, 1.165) is 0 Å². The summed E-state index contributed by atoms with van der Waals surface area (Å²) in [5.74, 6) is 0. The quantitative estimate of drug-likeness (QED) is 0.126. The summed E-state index contributed by atoms with van der Waals surface area (Å²) in [4.78, 5) is 0. The van der Waals surface area contributed by atoms with E-state index in [1.807, 2.05) is 0 Å². The van der Waals surface area contributed by atoms with E-state index in [2.05, 4.69) is 188 Å². The van der Waals surface area contributed by atoms with Crippen molar-refractivity contribution in [3.05, 3.63) is 188 Å². The van der Waals surface area contributed by atoms with E-state index < -0.39 is 6.89 Å². The van der Waals surface area contributed by atoms with E-state index in [-0.39, 0.29) is 0 Å². The predicted molar refractivity (Wildman–Crippen MR) is 231 cm³/mol. The molecule has 0 bridgehead atoms. The molecule has 0 N–H and O–H groups in total. The summed E-state index contributed by atoms with van der Waals surface area (Å²) < 4.78 is 0. The highest BCUT2D eigenvalue weighted by Gasteiger charge is 2.29. The second kappa shape index (κ2) is 11.1. The van der Waals surface area contributed by atoms with Gasteiger partial charge in [-0.2, -0.15) is 0 Å². The van der Waals surface area contributed by atoms with Crippen molar-refractivity contribution in [2.24, 2.45) is 0 Å². The first-order chi connectivity index (χ1) is 25.6. The van der Waals surface area contributed by atoms with Crippen LogP contribution in [0.25, 0.3) is 86.9 Å². The molecule has 11 aromatic rings. The lowest BCUT2D eigenvalue weighted by Crippen LogP contribution is -2.27. The molecule has 0 saturated carbocycles. The van der Waals surface area contributed by atoms with Crippen molar-refractivity contribution >= 4 is 93.7 Å². The molecule has 11 aromatic carbocycles. The number of rotatable bonds is 5. The number of hydrogen-bond donors (Lipinski definition) is 0. The summed E-state index contributed by atoms with van der Waals surface area (Å²) in [5.41, 5.74) is 4.83. The summed E-state index contributed by atoms with van der Waals surface area (Å²) in [6.45, 7) is -2.59. The summed E-state index contributed by atoms with van der Waals surface area (Å²) in [6.07, 6.45) is 5.53. The molecular formula is C51H33P. The molecule has 0 unspecified atom stereocenters. The number of hydrogen-bond acceptors (Lipinski definition) is 0. The Hall–Kier alpha value is -6.20. The highest BCUT2D eigenvalue weighted by atomic mass is 31.2. The Kier molecular flexibility index (Phi) is 6.33. The van der Waals surface area contributed by atoms with Gasteiger partial charge in [0.05, 0.1) is 0 Å². The van der Waals surface area contributed by atoms with Crippen LogP contribution in [0.5, 0.6) is 0 Å². The maximum Gasteiger partial charge on any atom is -0.00202 e. The number of benzene rings is 11.